The van der Waals surface area contributed by atoms with Crippen LogP contribution in [0, 0.1) is 0 Å². The summed E-state index contributed by atoms with van der Waals surface area (Å²) >= 11 is 6.93. The molecule has 1 aromatic rings. The lowest BCUT2D eigenvalue weighted by atomic mass is 10.2. The second-order valence-corrected chi connectivity index (χ2v) is 7.30. The van der Waals surface area contributed by atoms with Crippen LogP contribution in [0.4, 0.5) is 0 Å². The Morgan fingerprint density at radius 3 is 2.50 bits per heavy atom. The van der Waals surface area contributed by atoms with Gasteiger partial charge in [-0.05, 0) is 0 Å². The maximum absolute atomic E-state index is 5.24. The minimum Gasteiger partial charge on any atom is -0.0675 e. The van der Waals surface area contributed by atoms with E-state index < -0.39 is 0 Å². The van der Waals surface area contributed by atoms with E-state index in [9.17, 15) is 0 Å². The van der Waals surface area contributed by atoms with E-state index in [1.807, 2.05) is 30.3 Å². The molecule has 0 N–H and O–H groups in total. The van der Waals surface area contributed by atoms with Crippen LogP contribution in [0.2, 0.25) is 0 Å². The first-order chi connectivity index (χ1) is 5.70. The van der Waals surface area contributed by atoms with E-state index >= 15 is 0 Å². The molecule has 0 fully saturated rings. The zero-order chi connectivity index (χ0) is 8.97. The van der Waals surface area contributed by atoms with Crippen LogP contribution in [0.25, 0.3) is 0 Å². The van der Waals surface area contributed by atoms with Crippen molar-refractivity contribution in [2.24, 2.45) is 0 Å². The van der Waals surface area contributed by atoms with Crippen molar-refractivity contribution in [1.82, 2.24) is 0 Å². The second kappa shape index (κ2) is 4.76. The molecule has 1 atom stereocenters. The average Bonchev–Trinajstić information content (AvgIpc) is 2.05. The summed E-state index contributed by atoms with van der Waals surface area (Å²) in [5, 5.41) is 0. The monoisotopic (exact) mass is 213 g/mol. The van der Waals surface area contributed by atoms with Crippen LogP contribution in [0.15, 0.2) is 30.3 Å². The fourth-order valence-corrected chi connectivity index (χ4v) is 3.74. The first-order valence-electron chi connectivity index (χ1n) is 3.51. The van der Waals surface area contributed by atoms with Crippen LogP contribution in [0.3, 0.4) is 0 Å². The number of hydrogen-bond acceptors (Lipinski definition) is 2. The smallest absolute Gasteiger partial charge is 0.0675 e. The Kier molecular flexibility index (Phi) is 3.93. The van der Waals surface area contributed by atoms with E-state index in [1.165, 1.54) is 0 Å². The maximum atomic E-state index is 5.24. The highest BCUT2D eigenvalue weighted by Gasteiger charge is 2.08. The predicted molar refractivity (Wildman–Crippen MR) is 65.7 cm³/mol. The summed E-state index contributed by atoms with van der Waals surface area (Å²) < 4.78 is 0.958. The summed E-state index contributed by atoms with van der Waals surface area (Å²) in [6.45, 7) is 1.87. The highest BCUT2D eigenvalue weighted by Crippen LogP contribution is 2.36. The lowest BCUT2D eigenvalue weighted by molar-refractivity contribution is 1.69. The van der Waals surface area contributed by atoms with Crippen LogP contribution < -0.4 is 0 Å². The molecule has 1 unspecified atom stereocenters. The van der Waals surface area contributed by atoms with Crippen LogP contribution in [-0.2, 0) is 0 Å². The van der Waals surface area contributed by atoms with Gasteiger partial charge in [0.25, 0.3) is 0 Å². The minimum atomic E-state index is -0.238. The van der Waals surface area contributed by atoms with E-state index in [2.05, 4.69) is 13.0 Å². The molecule has 0 aliphatic rings. The molecule has 0 aliphatic carbocycles. The molecule has 0 spiro atoms. The summed E-state index contributed by atoms with van der Waals surface area (Å²) in [7, 11) is 0. The molecule has 0 radical (unpaired) electrons. The van der Waals surface area contributed by atoms with E-state index in [0.717, 1.165) is 9.76 Å². The second-order valence-electron chi connectivity index (χ2n) is 2.37. The molecule has 0 amide bonds. The molecular weight excluding hydrogens is 203 g/mol. The number of thiocarbonyl (C=S) groups is 1. The van der Waals surface area contributed by atoms with Gasteiger partial charge >= 0.3 is 0 Å². The third-order valence-corrected chi connectivity index (χ3v) is 4.30. The Bertz CT molecular complexity index is 293. The van der Waals surface area contributed by atoms with Gasteiger partial charge in [0.15, 0.2) is 6.75 Å². The fraction of sp³-hybridized carbons (Fsp3) is 0.111. The van der Waals surface area contributed by atoms with E-state index in [0.29, 0.717) is 0 Å². The highest BCUT2D eigenvalue weighted by atomic mass is 32.7. The molecule has 0 saturated heterocycles. The molecule has 62 valence electrons. The van der Waals surface area contributed by atoms with Crippen molar-refractivity contribution in [3.8, 4) is 0 Å². The number of hydrogen-bond donors (Lipinski definition) is 0. The fourth-order valence-electron chi connectivity index (χ4n) is 0.768. The molecule has 3 heteroatoms. The summed E-state index contributed by atoms with van der Waals surface area (Å²) in [6, 6.07) is 10.1. The minimum absolute atomic E-state index is 0.238. The molecule has 12 heavy (non-hydrogen) atoms. The molecule has 1 rings (SSSR count). The maximum Gasteiger partial charge on any atom is 0.160 e. The van der Waals surface area contributed by atoms with E-state index in [1.54, 1.807) is 11.4 Å². The van der Waals surface area contributed by atoms with Crippen LogP contribution >= 0.6 is 30.3 Å². The van der Waals surface area contributed by atoms with Gasteiger partial charge in [-0.1, -0.05) is 42.5 Å². The SMILES string of the molecule is C=[P+](C)SC(=S)c1ccccc1. The van der Waals surface area contributed by atoms with Crippen LogP contribution in [0.1, 0.15) is 5.56 Å². The van der Waals surface area contributed by atoms with Crippen molar-refractivity contribution >= 4 is 40.8 Å². The molecule has 0 nitrogen and oxygen atoms in total. The van der Waals surface area contributed by atoms with Crippen molar-refractivity contribution in [3.63, 3.8) is 0 Å². The summed E-state index contributed by atoms with van der Waals surface area (Å²) in [5.74, 6) is 0. The van der Waals surface area contributed by atoms with Gasteiger partial charge in [0.1, 0.15) is 22.2 Å². The molecular formula is C9H10PS2+. The first kappa shape index (κ1) is 9.91. The van der Waals surface area contributed by atoms with Crippen LogP contribution in [0.5, 0.6) is 0 Å². The lowest BCUT2D eigenvalue weighted by Crippen LogP contribution is -1.87. The quantitative estimate of drug-likeness (QED) is 0.544. The third kappa shape index (κ3) is 3.06. The number of rotatable bonds is 2. The molecule has 0 bridgehead atoms. The zero-order valence-corrected chi connectivity index (χ0v) is 9.38. The van der Waals surface area contributed by atoms with Crippen molar-refractivity contribution < 1.29 is 0 Å². The standard InChI is InChI=1S/C9H10PS2/c1-10(2)12-9(11)8-6-4-3-5-7-8/h3-7H,1H2,2H3/q+1. The van der Waals surface area contributed by atoms with Gasteiger partial charge in [0.2, 0.25) is 0 Å². The molecule has 0 saturated carbocycles. The van der Waals surface area contributed by atoms with Gasteiger partial charge in [-0.25, -0.2) is 0 Å². The van der Waals surface area contributed by atoms with Crippen molar-refractivity contribution in [3.05, 3.63) is 35.9 Å². The molecule has 1 aromatic carbocycles. The Hall–Kier alpha value is -0.170. The predicted octanol–water partition coefficient (Wildman–Crippen LogP) is 3.55. The molecule has 0 heterocycles. The van der Waals surface area contributed by atoms with Gasteiger partial charge in [0, 0.05) is 5.56 Å². The summed E-state index contributed by atoms with van der Waals surface area (Å²) in [6.07, 6.45) is 3.94. The first-order valence-corrected chi connectivity index (χ1v) is 7.32. The molecule has 0 aliphatic heterocycles. The Morgan fingerprint density at radius 2 is 2.00 bits per heavy atom. The Morgan fingerprint density at radius 1 is 1.42 bits per heavy atom. The molecule has 0 aromatic heterocycles. The highest BCUT2D eigenvalue weighted by molar-refractivity contribution is 8.64. The van der Waals surface area contributed by atoms with E-state index in [-0.39, 0.29) is 6.75 Å². The zero-order valence-electron chi connectivity index (χ0n) is 6.86. The lowest BCUT2D eigenvalue weighted by Gasteiger charge is -1.94. The Balaban J connectivity index is 2.73. The van der Waals surface area contributed by atoms with Gasteiger partial charge < -0.3 is 0 Å². The van der Waals surface area contributed by atoms with Crippen molar-refractivity contribution in [2.75, 3.05) is 6.66 Å². The van der Waals surface area contributed by atoms with Crippen molar-refractivity contribution in [1.29, 1.82) is 0 Å². The average molecular weight is 213 g/mol. The third-order valence-electron chi connectivity index (χ3n) is 1.25. The van der Waals surface area contributed by atoms with Crippen LogP contribution in [-0.4, -0.2) is 17.2 Å². The largest absolute Gasteiger partial charge is 0.160 e. The normalized spacial score (nSPS) is 10.9. The summed E-state index contributed by atoms with van der Waals surface area (Å²) in [4.78, 5) is 0. The number of benzene rings is 1. The topological polar surface area (TPSA) is 0 Å². The van der Waals surface area contributed by atoms with Gasteiger partial charge in [-0.2, -0.15) is 0 Å². The van der Waals surface area contributed by atoms with E-state index in [4.69, 9.17) is 12.2 Å². The van der Waals surface area contributed by atoms with Gasteiger partial charge in [0.05, 0.1) is 6.30 Å². The Labute approximate surface area is 83.5 Å². The van der Waals surface area contributed by atoms with Crippen molar-refractivity contribution in [2.45, 2.75) is 0 Å². The summed E-state index contributed by atoms with van der Waals surface area (Å²) in [5.41, 5.74) is 1.13. The van der Waals surface area contributed by atoms with Gasteiger partial charge in [-0.3, -0.25) is 0 Å². The van der Waals surface area contributed by atoms with Gasteiger partial charge in [-0.15, -0.1) is 0 Å².